The molecule has 1 atom stereocenters. The van der Waals surface area contributed by atoms with Gasteiger partial charge in [-0.05, 0) is 11.6 Å². The molecule has 2 aliphatic heterocycles. The fraction of sp³-hybridized carbons (Fsp3) is 0.611. The maximum absolute atomic E-state index is 13.3. The van der Waals surface area contributed by atoms with Crippen LogP contribution in [0.15, 0.2) is 24.3 Å². The summed E-state index contributed by atoms with van der Waals surface area (Å²) in [6, 6.07) is 5.33. The van der Waals surface area contributed by atoms with Crippen LogP contribution in [0.5, 0.6) is 0 Å². The van der Waals surface area contributed by atoms with Crippen molar-refractivity contribution in [3.05, 3.63) is 35.4 Å². The molecule has 2 fully saturated rings. The monoisotopic (exact) mass is 392 g/mol. The summed E-state index contributed by atoms with van der Waals surface area (Å²) in [5.74, 6) is -3.13. The average molecular weight is 392 g/mol. The SMILES string of the molecule is O=C(C1CN(Cc2ccccc2C(F)(F)F)CCO1)N1CCC(F)(F)CC1. The topological polar surface area (TPSA) is 32.8 Å². The molecule has 0 spiro atoms. The predicted molar refractivity (Wildman–Crippen MR) is 87.2 cm³/mol. The normalized spacial score (nSPS) is 24.0. The van der Waals surface area contributed by atoms with E-state index in [2.05, 4.69) is 0 Å². The summed E-state index contributed by atoms with van der Waals surface area (Å²) >= 11 is 0. The number of hydrogen-bond acceptors (Lipinski definition) is 3. The van der Waals surface area contributed by atoms with E-state index in [1.807, 2.05) is 0 Å². The fourth-order valence-corrected chi connectivity index (χ4v) is 3.43. The van der Waals surface area contributed by atoms with E-state index in [0.717, 1.165) is 6.07 Å². The standard InChI is InChI=1S/C18H21F5N2O2/c19-17(20)5-7-25(8-6-17)16(26)15-12-24(9-10-27-15)11-13-3-1-2-4-14(13)18(21,22)23/h1-4,15H,5-12H2. The van der Waals surface area contributed by atoms with Gasteiger partial charge in [0, 0.05) is 45.6 Å². The molecule has 1 aromatic rings. The van der Waals surface area contributed by atoms with Crippen molar-refractivity contribution in [2.24, 2.45) is 0 Å². The molecule has 1 amide bonds. The van der Waals surface area contributed by atoms with Crippen LogP contribution in [0.4, 0.5) is 22.0 Å². The number of rotatable bonds is 3. The van der Waals surface area contributed by atoms with E-state index in [1.165, 1.54) is 17.0 Å². The quantitative estimate of drug-likeness (QED) is 0.741. The number of amides is 1. The molecule has 0 saturated carbocycles. The van der Waals surface area contributed by atoms with Gasteiger partial charge >= 0.3 is 6.18 Å². The highest BCUT2D eigenvalue weighted by atomic mass is 19.4. The predicted octanol–water partition coefficient (Wildman–Crippen LogP) is 3.16. The molecule has 0 bridgehead atoms. The third-order valence-electron chi connectivity index (χ3n) is 4.95. The summed E-state index contributed by atoms with van der Waals surface area (Å²) in [5, 5.41) is 0. The molecule has 0 aromatic heterocycles. The van der Waals surface area contributed by atoms with E-state index < -0.39 is 23.8 Å². The molecule has 1 aromatic carbocycles. The van der Waals surface area contributed by atoms with Gasteiger partial charge in [-0.15, -0.1) is 0 Å². The Bertz CT molecular complexity index is 670. The lowest BCUT2D eigenvalue weighted by Crippen LogP contribution is -2.53. The molecule has 0 aliphatic carbocycles. The molecule has 2 aliphatic rings. The molecule has 2 saturated heterocycles. The minimum atomic E-state index is -4.45. The van der Waals surface area contributed by atoms with Gasteiger partial charge in [0.15, 0.2) is 0 Å². The Hall–Kier alpha value is -1.74. The summed E-state index contributed by atoms with van der Waals surface area (Å²) < 4.78 is 71.4. The lowest BCUT2D eigenvalue weighted by atomic mass is 10.0. The number of alkyl halides is 5. The molecule has 9 heteroatoms. The fourth-order valence-electron chi connectivity index (χ4n) is 3.43. The number of benzene rings is 1. The van der Waals surface area contributed by atoms with Crippen LogP contribution in [0, 0.1) is 0 Å². The van der Waals surface area contributed by atoms with Crippen LogP contribution in [0.25, 0.3) is 0 Å². The minimum absolute atomic E-state index is 0.0391. The van der Waals surface area contributed by atoms with Crippen LogP contribution in [0.2, 0.25) is 0 Å². The Balaban J connectivity index is 1.63. The van der Waals surface area contributed by atoms with E-state index in [-0.39, 0.29) is 57.1 Å². The third-order valence-corrected chi connectivity index (χ3v) is 4.95. The van der Waals surface area contributed by atoms with E-state index in [4.69, 9.17) is 4.74 Å². The Kier molecular flexibility index (Phi) is 5.71. The number of carbonyl (C=O) groups excluding carboxylic acids is 1. The number of ether oxygens (including phenoxy) is 1. The lowest BCUT2D eigenvalue weighted by molar-refractivity contribution is -0.155. The average Bonchev–Trinajstić information content (AvgIpc) is 2.61. The Morgan fingerprint density at radius 1 is 1.15 bits per heavy atom. The molecule has 0 radical (unpaired) electrons. The van der Waals surface area contributed by atoms with E-state index in [1.54, 1.807) is 11.0 Å². The van der Waals surface area contributed by atoms with Gasteiger partial charge in [-0.2, -0.15) is 13.2 Å². The Morgan fingerprint density at radius 2 is 1.81 bits per heavy atom. The number of halogens is 5. The Labute approximate surface area is 153 Å². The number of nitrogens with zero attached hydrogens (tertiary/aromatic N) is 2. The summed E-state index contributed by atoms with van der Waals surface area (Å²) in [6.07, 6.45) is -6.05. The maximum Gasteiger partial charge on any atom is 0.416 e. The highest BCUT2D eigenvalue weighted by Crippen LogP contribution is 2.33. The number of hydrogen-bond donors (Lipinski definition) is 0. The zero-order valence-corrected chi connectivity index (χ0v) is 14.6. The third kappa shape index (κ3) is 4.95. The van der Waals surface area contributed by atoms with Crippen LogP contribution >= 0.6 is 0 Å². The first-order chi connectivity index (χ1) is 12.7. The molecule has 3 rings (SSSR count). The van der Waals surface area contributed by atoms with Crippen molar-refractivity contribution in [1.29, 1.82) is 0 Å². The number of carbonyl (C=O) groups is 1. The highest BCUT2D eigenvalue weighted by Gasteiger charge is 2.39. The van der Waals surface area contributed by atoms with Gasteiger partial charge < -0.3 is 9.64 Å². The first kappa shape index (κ1) is 20.0. The van der Waals surface area contributed by atoms with Crippen molar-refractivity contribution in [3.8, 4) is 0 Å². The van der Waals surface area contributed by atoms with Crippen molar-refractivity contribution in [1.82, 2.24) is 9.80 Å². The zero-order valence-electron chi connectivity index (χ0n) is 14.6. The number of morpholine rings is 1. The van der Waals surface area contributed by atoms with Crippen molar-refractivity contribution in [2.75, 3.05) is 32.8 Å². The van der Waals surface area contributed by atoms with Crippen molar-refractivity contribution in [3.63, 3.8) is 0 Å². The van der Waals surface area contributed by atoms with Crippen LogP contribution in [-0.4, -0.2) is 60.5 Å². The molecule has 2 heterocycles. The van der Waals surface area contributed by atoms with Crippen molar-refractivity contribution in [2.45, 2.75) is 37.6 Å². The lowest BCUT2D eigenvalue weighted by Gasteiger charge is -2.37. The first-order valence-corrected chi connectivity index (χ1v) is 8.81. The van der Waals surface area contributed by atoms with Gasteiger partial charge in [0.05, 0.1) is 12.2 Å². The molecular weight excluding hydrogens is 371 g/mol. The molecule has 27 heavy (non-hydrogen) atoms. The summed E-state index contributed by atoms with van der Waals surface area (Å²) in [6.45, 7) is 0.701. The Morgan fingerprint density at radius 3 is 2.48 bits per heavy atom. The number of likely N-dealkylation sites (tertiary alicyclic amines) is 1. The van der Waals surface area contributed by atoms with Crippen LogP contribution in [0.3, 0.4) is 0 Å². The first-order valence-electron chi connectivity index (χ1n) is 8.81. The van der Waals surface area contributed by atoms with Crippen molar-refractivity contribution < 1.29 is 31.5 Å². The van der Waals surface area contributed by atoms with Gasteiger partial charge in [0.1, 0.15) is 6.10 Å². The summed E-state index contributed by atoms with van der Waals surface area (Å²) in [7, 11) is 0. The van der Waals surface area contributed by atoms with Gasteiger partial charge in [0.25, 0.3) is 11.8 Å². The van der Waals surface area contributed by atoms with Gasteiger partial charge in [0.2, 0.25) is 0 Å². The van der Waals surface area contributed by atoms with Crippen LogP contribution in [-0.2, 0) is 22.3 Å². The van der Waals surface area contributed by atoms with Crippen LogP contribution in [0.1, 0.15) is 24.0 Å². The summed E-state index contributed by atoms with van der Waals surface area (Å²) in [4.78, 5) is 15.6. The van der Waals surface area contributed by atoms with E-state index in [9.17, 15) is 26.7 Å². The van der Waals surface area contributed by atoms with Gasteiger partial charge in [-0.25, -0.2) is 8.78 Å². The van der Waals surface area contributed by atoms with Gasteiger partial charge in [-0.1, -0.05) is 18.2 Å². The van der Waals surface area contributed by atoms with Crippen LogP contribution < -0.4 is 0 Å². The molecule has 0 N–H and O–H groups in total. The van der Waals surface area contributed by atoms with E-state index >= 15 is 0 Å². The van der Waals surface area contributed by atoms with E-state index in [0.29, 0.717) is 6.54 Å². The molecule has 4 nitrogen and oxygen atoms in total. The second-order valence-corrected chi connectivity index (χ2v) is 6.93. The highest BCUT2D eigenvalue weighted by molar-refractivity contribution is 5.81. The molecule has 150 valence electrons. The van der Waals surface area contributed by atoms with Gasteiger partial charge in [-0.3, -0.25) is 9.69 Å². The molecular formula is C18H21F5N2O2. The summed E-state index contributed by atoms with van der Waals surface area (Å²) in [5.41, 5.74) is -0.562. The minimum Gasteiger partial charge on any atom is -0.366 e. The smallest absolute Gasteiger partial charge is 0.366 e. The second kappa shape index (κ2) is 7.71. The second-order valence-electron chi connectivity index (χ2n) is 6.93. The largest absolute Gasteiger partial charge is 0.416 e. The number of piperidine rings is 1. The zero-order chi connectivity index (χ0) is 19.7. The van der Waals surface area contributed by atoms with Crippen molar-refractivity contribution >= 4 is 5.91 Å². The maximum atomic E-state index is 13.3. The molecule has 1 unspecified atom stereocenters.